The van der Waals surface area contributed by atoms with Crippen LogP contribution in [0.3, 0.4) is 0 Å². The van der Waals surface area contributed by atoms with E-state index in [0.717, 1.165) is 12.3 Å². The second-order valence-corrected chi connectivity index (χ2v) is 7.11. The number of nitrogens with zero attached hydrogens (tertiary/aromatic N) is 3. The topological polar surface area (TPSA) is 54.9 Å². The lowest BCUT2D eigenvalue weighted by atomic mass is 10.2. The molecule has 3 heterocycles. The number of hydrogen-bond acceptors (Lipinski definition) is 5. The summed E-state index contributed by atoms with van der Waals surface area (Å²) in [4.78, 5) is 20.1. The smallest absolute Gasteiger partial charge is 0.417 e. The van der Waals surface area contributed by atoms with Gasteiger partial charge in [-0.25, -0.2) is 4.98 Å². The van der Waals surface area contributed by atoms with Crippen molar-refractivity contribution in [3.63, 3.8) is 0 Å². The van der Waals surface area contributed by atoms with Crippen molar-refractivity contribution in [2.24, 2.45) is 0 Å². The molecule has 2 aliphatic heterocycles. The summed E-state index contributed by atoms with van der Waals surface area (Å²) in [5.74, 6) is 1.21. The number of carbonyl (C=O) groups excluding carboxylic acids is 1. The van der Waals surface area contributed by atoms with Gasteiger partial charge in [-0.2, -0.15) is 13.2 Å². The number of carbonyl (C=O) groups is 1. The van der Waals surface area contributed by atoms with Crippen molar-refractivity contribution < 1.29 is 27.4 Å². The van der Waals surface area contributed by atoms with Crippen molar-refractivity contribution in [2.75, 3.05) is 37.7 Å². The molecule has 0 unspecified atom stereocenters. The maximum Gasteiger partial charge on any atom is 0.417 e. The van der Waals surface area contributed by atoms with Gasteiger partial charge in [0.05, 0.1) is 10.6 Å². The van der Waals surface area contributed by atoms with E-state index < -0.39 is 17.8 Å². The second-order valence-electron chi connectivity index (χ2n) is 6.70. The molecule has 154 valence electrons. The van der Waals surface area contributed by atoms with Crippen LogP contribution in [-0.4, -0.2) is 54.7 Å². The van der Waals surface area contributed by atoms with Gasteiger partial charge in [-0.1, -0.05) is 23.7 Å². The minimum absolute atomic E-state index is 0.0692. The molecule has 29 heavy (non-hydrogen) atoms. The maximum absolute atomic E-state index is 12.8. The fourth-order valence-electron chi connectivity index (χ4n) is 3.30. The third kappa shape index (κ3) is 4.05. The van der Waals surface area contributed by atoms with Gasteiger partial charge in [-0.3, -0.25) is 4.79 Å². The molecule has 1 atom stereocenters. The minimum Gasteiger partial charge on any atom is -0.485 e. The normalized spacial score (nSPS) is 19.2. The van der Waals surface area contributed by atoms with Gasteiger partial charge in [0.2, 0.25) is 6.10 Å². The summed E-state index contributed by atoms with van der Waals surface area (Å²) in [6.07, 6.45) is -4.46. The molecule has 0 bridgehead atoms. The Labute approximate surface area is 169 Å². The van der Waals surface area contributed by atoms with Crippen molar-refractivity contribution in [1.29, 1.82) is 0 Å². The summed E-state index contributed by atoms with van der Waals surface area (Å²) in [6, 6.07) is 8.01. The largest absolute Gasteiger partial charge is 0.485 e. The fraction of sp³-hybridized carbons (Fsp3) is 0.368. The van der Waals surface area contributed by atoms with Gasteiger partial charge in [0.25, 0.3) is 5.91 Å². The molecule has 1 saturated heterocycles. The molecule has 0 N–H and O–H groups in total. The summed E-state index contributed by atoms with van der Waals surface area (Å²) < 4.78 is 49.7. The van der Waals surface area contributed by atoms with Crippen molar-refractivity contribution in [3.05, 3.63) is 47.1 Å². The number of alkyl halides is 3. The average molecular weight is 428 g/mol. The van der Waals surface area contributed by atoms with E-state index in [0.29, 0.717) is 37.7 Å². The van der Waals surface area contributed by atoms with Crippen molar-refractivity contribution in [2.45, 2.75) is 12.3 Å². The van der Waals surface area contributed by atoms with Crippen LogP contribution in [0, 0.1) is 0 Å². The first-order chi connectivity index (χ1) is 13.8. The Kier molecular flexibility index (Phi) is 5.16. The first-order valence-electron chi connectivity index (χ1n) is 8.98. The van der Waals surface area contributed by atoms with E-state index in [2.05, 4.69) is 4.98 Å². The van der Waals surface area contributed by atoms with Crippen LogP contribution in [0.1, 0.15) is 5.56 Å². The van der Waals surface area contributed by atoms with Gasteiger partial charge >= 0.3 is 6.18 Å². The summed E-state index contributed by atoms with van der Waals surface area (Å²) >= 11 is 6.02. The number of amides is 1. The highest BCUT2D eigenvalue weighted by Crippen LogP contribution is 2.34. The van der Waals surface area contributed by atoms with E-state index in [9.17, 15) is 18.0 Å². The van der Waals surface area contributed by atoms with Crippen LogP contribution in [0.25, 0.3) is 0 Å². The Morgan fingerprint density at radius 2 is 1.83 bits per heavy atom. The Bertz CT molecular complexity index is 917. The summed E-state index contributed by atoms with van der Waals surface area (Å²) in [6.45, 7) is 1.67. The van der Waals surface area contributed by atoms with Crippen LogP contribution in [0.4, 0.5) is 19.0 Å². The molecule has 1 aromatic carbocycles. The molecule has 0 spiro atoms. The number of benzene rings is 1. The molecule has 4 rings (SSSR count). The number of halogens is 4. The first-order valence-corrected chi connectivity index (χ1v) is 9.35. The van der Waals surface area contributed by atoms with Gasteiger partial charge in [0, 0.05) is 32.4 Å². The molecule has 2 aromatic rings. The van der Waals surface area contributed by atoms with Gasteiger partial charge in [0.1, 0.15) is 12.4 Å². The second kappa shape index (κ2) is 7.62. The lowest BCUT2D eigenvalue weighted by Gasteiger charge is -2.37. The van der Waals surface area contributed by atoms with E-state index in [4.69, 9.17) is 21.1 Å². The lowest BCUT2D eigenvalue weighted by Crippen LogP contribution is -2.54. The zero-order chi connectivity index (χ0) is 20.6. The molecular weight excluding hydrogens is 411 g/mol. The van der Waals surface area contributed by atoms with Crippen molar-refractivity contribution >= 4 is 23.3 Å². The first kappa shape index (κ1) is 19.6. The van der Waals surface area contributed by atoms with Crippen LogP contribution in [0.15, 0.2) is 36.5 Å². The van der Waals surface area contributed by atoms with Gasteiger partial charge in [-0.15, -0.1) is 0 Å². The highest BCUT2D eigenvalue weighted by atomic mass is 35.5. The van der Waals surface area contributed by atoms with Crippen LogP contribution < -0.4 is 14.4 Å². The molecule has 1 fully saturated rings. The summed E-state index contributed by atoms with van der Waals surface area (Å²) in [7, 11) is 0. The van der Waals surface area contributed by atoms with Crippen molar-refractivity contribution in [1.82, 2.24) is 9.88 Å². The molecule has 1 aromatic heterocycles. The number of rotatable bonds is 2. The molecular formula is C19H17ClF3N3O3. The molecule has 6 nitrogen and oxygen atoms in total. The molecule has 1 amide bonds. The number of hydrogen-bond donors (Lipinski definition) is 0. The van der Waals surface area contributed by atoms with Crippen molar-refractivity contribution in [3.8, 4) is 11.5 Å². The highest BCUT2D eigenvalue weighted by molar-refractivity contribution is 6.33. The summed E-state index contributed by atoms with van der Waals surface area (Å²) in [5.41, 5.74) is -0.894. The van der Waals surface area contributed by atoms with E-state index in [1.165, 1.54) is 0 Å². The predicted molar refractivity (Wildman–Crippen MR) is 99.4 cm³/mol. The van der Waals surface area contributed by atoms with E-state index in [-0.39, 0.29) is 23.4 Å². The monoisotopic (exact) mass is 427 g/mol. The zero-order valence-electron chi connectivity index (χ0n) is 15.2. The Balaban J connectivity index is 1.38. The van der Waals surface area contributed by atoms with Gasteiger partial charge in [-0.05, 0) is 18.2 Å². The average Bonchev–Trinajstić information content (AvgIpc) is 2.72. The van der Waals surface area contributed by atoms with E-state index >= 15 is 0 Å². The number of ether oxygens (including phenoxy) is 2. The maximum atomic E-state index is 12.8. The Morgan fingerprint density at radius 3 is 2.48 bits per heavy atom. The Hall–Kier alpha value is -2.68. The number of para-hydroxylation sites is 2. The molecule has 0 saturated carbocycles. The quantitative estimate of drug-likeness (QED) is 0.736. The molecule has 10 heteroatoms. The van der Waals surface area contributed by atoms with Crippen LogP contribution in [0.2, 0.25) is 5.02 Å². The fourth-order valence-corrected chi connectivity index (χ4v) is 3.59. The van der Waals surface area contributed by atoms with Crippen LogP contribution >= 0.6 is 11.6 Å². The predicted octanol–water partition coefficient (Wildman–Crippen LogP) is 3.24. The number of piperazine rings is 1. The third-order valence-electron chi connectivity index (χ3n) is 4.82. The molecule has 0 aliphatic carbocycles. The third-order valence-corrected chi connectivity index (χ3v) is 5.10. The lowest BCUT2D eigenvalue weighted by molar-refractivity contribution is -0.141. The zero-order valence-corrected chi connectivity index (χ0v) is 15.9. The number of anilines is 1. The van der Waals surface area contributed by atoms with Gasteiger partial charge < -0.3 is 19.3 Å². The molecule has 0 radical (unpaired) electrons. The van der Waals surface area contributed by atoms with E-state index in [1.54, 1.807) is 28.0 Å². The van der Waals surface area contributed by atoms with Gasteiger partial charge in [0.15, 0.2) is 11.5 Å². The number of fused-ring (bicyclic) bond motifs is 1. The van der Waals surface area contributed by atoms with E-state index in [1.807, 2.05) is 6.07 Å². The standard InChI is InChI=1S/C19H17ClF3N3O3/c20-13-9-12(19(21,22)23)10-24-17(13)25-5-7-26(8-6-25)18(27)16-11-28-14-3-1-2-4-15(14)29-16/h1-4,9-10,16H,5-8,11H2/t16-/m0/s1. The van der Waals surface area contributed by atoms with Crippen LogP contribution in [-0.2, 0) is 11.0 Å². The number of aromatic nitrogens is 1. The minimum atomic E-state index is -4.50. The summed E-state index contributed by atoms with van der Waals surface area (Å²) in [5, 5.41) is -0.0692. The number of pyridine rings is 1. The molecule has 2 aliphatic rings. The Morgan fingerprint density at radius 1 is 1.14 bits per heavy atom. The highest BCUT2D eigenvalue weighted by Gasteiger charge is 2.34. The van der Waals surface area contributed by atoms with Crippen LogP contribution in [0.5, 0.6) is 11.5 Å². The SMILES string of the molecule is O=C([C@@H]1COc2ccccc2O1)N1CCN(c2ncc(C(F)(F)F)cc2Cl)CC1.